The van der Waals surface area contributed by atoms with Gasteiger partial charge in [-0.1, -0.05) is 5.92 Å². The molecule has 26 heavy (non-hydrogen) atoms. The Morgan fingerprint density at radius 1 is 1.46 bits per heavy atom. The molecule has 7 nitrogen and oxygen atoms in total. The number of likely N-dealkylation sites (tertiary alicyclic amines) is 1. The van der Waals surface area contributed by atoms with Crippen LogP contribution in [-0.4, -0.2) is 46.6 Å². The summed E-state index contributed by atoms with van der Waals surface area (Å²) >= 11 is 2.90. The predicted octanol–water partition coefficient (Wildman–Crippen LogP) is 3.11. The van der Waals surface area contributed by atoms with E-state index in [1.54, 1.807) is 16.5 Å². The van der Waals surface area contributed by atoms with Crippen LogP contribution in [0.4, 0.5) is 9.93 Å². The van der Waals surface area contributed by atoms with Crippen molar-refractivity contribution in [2.75, 3.05) is 25.0 Å². The second-order valence-electron chi connectivity index (χ2n) is 5.82. The van der Waals surface area contributed by atoms with E-state index in [-0.39, 0.29) is 24.5 Å². The molecule has 9 heteroatoms. The van der Waals surface area contributed by atoms with Crippen molar-refractivity contribution in [2.24, 2.45) is 0 Å². The summed E-state index contributed by atoms with van der Waals surface area (Å²) in [6.07, 6.45) is 8.00. The van der Waals surface area contributed by atoms with E-state index in [1.165, 1.54) is 22.7 Å². The van der Waals surface area contributed by atoms with Gasteiger partial charge in [0.15, 0.2) is 11.7 Å². The fourth-order valence-corrected chi connectivity index (χ4v) is 4.29. The molecule has 0 saturated carbocycles. The highest BCUT2D eigenvalue weighted by Gasteiger charge is 2.27. The van der Waals surface area contributed by atoms with Gasteiger partial charge in [-0.15, -0.1) is 29.1 Å². The molecule has 0 bridgehead atoms. The van der Waals surface area contributed by atoms with Crippen molar-refractivity contribution in [1.82, 2.24) is 14.9 Å². The third kappa shape index (κ3) is 4.39. The Morgan fingerprint density at radius 3 is 2.88 bits per heavy atom. The average molecular weight is 390 g/mol. The van der Waals surface area contributed by atoms with Crippen molar-refractivity contribution in [1.29, 1.82) is 0 Å². The summed E-state index contributed by atoms with van der Waals surface area (Å²) < 4.78 is 4.95. The van der Waals surface area contributed by atoms with Crippen molar-refractivity contribution in [3.05, 3.63) is 27.2 Å². The van der Waals surface area contributed by atoms with Crippen molar-refractivity contribution in [3.8, 4) is 12.3 Å². The first-order valence-electron chi connectivity index (χ1n) is 8.11. The van der Waals surface area contributed by atoms with Crippen LogP contribution < -0.4 is 5.32 Å². The number of ether oxygens (including phenoxy) is 1. The smallest absolute Gasteiger partial charge is 0.410 e. The van der Waals surface area contributed by atoms with E-state index < -0.39 is 0 Å². The number of carbonyl (C=O) groups is 2. The summed E-state index contributed by atoms with van der Waals surface area (Å²) in [6.45, 7) is 3.10. The fraction of sp³-hybridized carbons (Fsp3) is 0.412. The van der Waals surface area contributed by atoms with Gasteiger partial charge in [-0.3, -0.25) is 10.1 Å². The Morgan fingerprint density at radius 2 is 2.23 bits per heavy atom. The molecule has 1 aliphatic heterocycles. The lowest BCUT2D eigenvalue weighted by Crippen LogP contribution is -2.38. The molecule has 0 atom stereocenters. The largest absolute Gasteiger partial charge is 0.436 e. The quantitative estimate of drug-likeness (QED) is 0.811. The molecule has 0 unspecified atom stereocenters. The van der Waals surface area contributed by atoms with Crippen LogP contribution in [0.5, 0.6) is 0 Å². The number of piperidine rings is 1. The van der Waals surface area contributed by atoms with Crippen LogP contribution in [-0.2, 0) is 4.74 Å². The Labute approximate surface area is 159 Å². The van der Waals surface area contributed by atoms with Gasteiger partial charge < -0.3 is 9.64 Å². The minimum absolute atomic E-state index is 0.0116. The minimum Gasteiger partial charge on any atom is -0.436 e. The van der Waals surface area contributed by atoms with Crippen LogP contribution in [0.25, 0.3) is 0 Å². The lowest BCUT2D eigenvalue weighted by Gasteiger charge is -2.30. The summed E-state index contributed by atoms with van der Waals surface area (Å²) in [7, 11) is 0. The molecule has 3 rings (SSSR count). The molecule has 0 radical (unpaired) electrons. The van der Waals surface area contributed by atoms with E-state index >= 15 is 0 Å². The number of aromatic nitrogens is 2. The molecule has 2 aromatic rings. The summed E-state index contributed by atoms with van der Waals surface area (Å²) in [5, 5.41) is 6.02. The van der Waals surface area contributed by atoms with Crippen molar-refractivity contribution in [3.63, 3.8) is 0 Å². The number of nitrogens with one attached hydrogen (secondary N) is 1. The molecule has 0 spiro atoms. The van der Waals surface area contributed by atoms with Crippen molar-refractivity contribution >= 4 is 39.8 Å². The van der Waals surface area contributed by atoms with Crippen LogP contribution >= 0.6 is 22.7 Å². The van der Waals surface area contributed by atoms with Gasteiger partial charge in [0.1, 0.15) is 5.69 Å². The number of hydrogen-bond donors (Lipinski definition) is 1. The predicted molar refractivity (Wildman–Crippen MR) is 101 cm³/mol. The van der Waals surface area contributed by atoms with Crippen molar-refractivity contribution < 1.29 is 14.3 Å². The summed E-state index contributed by atoms with van der Waals surface area (Å²) in [5.41, 5.74) is 0.397. The van der Waals surface area contributed by atoms with Gasteiger partial charge in [-0.05, 0) is 19.8 Å². The van der Waals surface area contributed by atoms with Gasteiger partial charge in [-0.25, -0.2) is 14.8 Å². The first kappa shape index (κ1) is 18.4. The van der Waals surface area contributed by atoms with E-state index in [4.69, 9.17) is 11.2 Å². The Balaban J connectivity index is 1.54. The van der Waals surface area contributed by atoms with Crippen LogP contribution in [0.3, 0.4) is 0 Å². The molecular formula is C17H18N4O3S2. The minimum atomic E-state index is -0.376. The number of anilines is 1. The van der Waals surface area contributed by atoms with Gasteiger partial charge in [0.25, 0.3) is 5.91 Å². The van der Waals surface area contributed by atoms with Gasteiger partial charge >= 0.3 is 6.09 Å². The Hall–Kier alpha value is -2.44. The third-order valence-corrected chi connectivity index (χ3v) is 5.81. The number of aryl methyl sites for hydroxylation is 1. The highest BCUT2D eigenvalue weighted by molar-refractivity contribution is 7.15. The van der Waals surface area contributed by atoms with E-state index in [0.717, 1.165) is 22.7 Å². The van der Waals surface area contributed by atoms with Crippen LogP contribution in [0.2, 0.25) is 0 Å². The van der Waals surface area contributed by atoms with Gasteiger partial charge in [0, 0.05) is 35.5 Å². The van der Waals surface area contributed by atoms with Crippen LogP contribution in [0, 0.1) is 19.3 Å². The van der Waals surface area contributed by atoms with Gasteiger partial charge in [0.2, 0.25) is 0 Å². The SMILES string of the molecule is C#CCOC(=O)N1CCC(c2nc(C(=O)Nc3ncc(C)s3)cs2)CC1. The summed E-state index contributed by atoms with van der Waals surface area (Å²) in [4.78, 5) is 35.4. The lowest BCUT2D eigenvalue weighted by molar-refractivity contribution is 0.102. The Bertz CT molecular complexity index is 831. The third-order valence-electron chi connectivity index (χ3n) is 3.98. The number of nitrogens with zero attached hydrogens (tertiary/aromatic N) is 3. The van der Waals surface area contributed by atoms with Gasteiger partial charge in [0.05, 0.1) is 5.01 Å². The number of carbonyl (C=O) groups excluding carboxylic acids is 2. The maximum absolute atomic E-state index is 12.3. The van der Waals surface area contributed by atoms with E-state index in [1.807, 2.05) is 6.92 Å². The number of thiazole rings is 2. The van der Waals surface area contributed by atoms with E-state index in [0.29, 0.717) is 23.9 Å². The highest BCUT2D eigenvalue weighted by atomic mass is 32.1. The molecule has 1 fully saturated rings. The first-order chi connectivity index (χ1) is 12.6. The molecular weight excluding hydrogens is 372 g/mol. The average Bonchev–Trinajstić information content (AvgIpc) is 3.29. The summed E-state index contributed by atoms with van der Waals surface area (Å²) in [5.74, 6) is 2.27. The molecule has 2 amide bonds. The van der Waals surface area contributed by atoms with E-state index in [9.17, 15) is 9.59 Å². The van der Waals surface area contributed by atoms with Crippen LogP contribution in [0.15, 0.2) is 11.6 Å². The van der Waals surface area contributed by atoms with Crippen molar-refractivity contribution in [2.45, 2.75) is 25.7 Å². The number of rotatable bonds is 4. The number of hydrogen-bond acceptors (Lipinski definition) is 7. The molecule has 1 saturated heterocycles. The van der Waals surface area contributed by atoms with E-state index in [2.05, 4.69) is 21.2 Å². The monoisotopic (exact) mass is 390 g/mol. The standard InChI is InChI=1S/C17H18N4O3S2/c1-3-8-24-17(23)21-6-4-12(5-7-21)15-19-13(10-25-15)14(22)20-16-18-9-11(2)26-16/h1,9-10,12H,4-8H2,2H3,(H,18,20,22). The maximum atomic E-state index is 12.3. The molecule has 2 aromatic heterocycles. The molecule has 136 valence electrons. The fourth-order valence-electron chi connectivity index (χ4n) is 2.66. The lowest BCUT2D eigenvalue weighted by atomic mass is 9.98. The maximum Gasteiger partial charge on any atom is 0.410 e. The van der Waals surface area contributed by atoms with Crippen LogP contribution in [0.1, 0.15) is 39.1 Å². The zero-order valence-corrected chi connectivity index (χ0v) is 15.9. The van der Waals surface area contributed by atoms with Gasteiger partial charge in [-0.2, -0.15) is 0 Å². The molecule has 1 aliphatic rings. The Kier molecular flexibility index (Phi) is 5.85. The molecule has 3 heterocycles. The molecule has 1 N–H and O–H groups in total. The molecule has 0 aromatic carbocycles. The zero-order valence-electron chi connectivity index (χ0n) is 14.2. The molecule has 0 aliphatic carbocycles. The second-order valence-corrected chi connectivity index (χ2v) is 7.95. The summed E-state index contributed by atoms with van der Waals surface area (Å²) in [6, 6.07) is 0. The topological polar surface area (TPSA) is 84.4 Å². The number of terminal acetylenes is 1. The number of amides is 2. The second kappa shape index (κ2) is 8.29. The highest BCUT2D eigenvalue weighted by Crippen LogP contribution is 2.30. The zero-order chi connectivity index (χ0) is 18.5. The normalized spacial score (nSPS) is 14.7. The first-order valence-corrected chi connectivity index (χ1v) is 9.81.